The van der Waals surface area contributed by atoms with Crippen LogP contribution in [0.1, 0.15) is 29.2 Å². The van der Waals surface area contributed by atoms with Crippen molar-refractivity contribution >= 4 is 10.0 Å². The third-order valence-corrected chi connectivity index (χ3v) is 6.13. The number of halogens is 2. The minimum Gasteiger partial charge on any atom is -0.293 e. The van der Waals surface area contributed by atoms with Gasteiger partial charge in [-0.05, 0) is 37.1 Å². The molecule has 1 fully saturated rings. The summed E-state index contributed by atoms with van der Waals surface area (Å²) in [5.74, 6) is 0.170. The van der Waals surface area contributed by atoms with Gasteiger partial charge < -0.3 is 0 Å². The lowest BCUT2D eigenvalue weighted by Crippen LogP contribution is -2.21. The molecule has 2 aromatic carbocycles. The minimum absolute atomic E-state index is 0.0681. The summed E-state index contributed by atoms with van der Waals surface area (Å²) in [5.41, 5.74) is 2.13. The number of aromatic nitrogens is 3. The molecule has 1 saturated heterocycles. The van der Waals surface area contributed by atoms with E-state index in [1.165, 1.54) is 16.8 Å². The zero-order valence-electron chi connectivity index (χ0n) is 17.0. The van der Waals surface area contributed by atoms with Crippen molar-refractivity contribution in [1.82, 2.24) is 19.7 Å². The molecular formula is C21H23F2N5O2S. The van der Waals surface area contributed by atoms with Gasteiger partial charge in [0.25, 0.3) is 0 Å². The molecule has 0 radical (unpaired) electrons. The summed E-state index contributed by atoms with van der Waals surface area (Å²) in [7, 11) is -4.03. The standard InChI is InChI=1S/C21H23F2N5O2S/c1-14-3-2-4-15(9-14)10-21-25-20(13-27-8-7-16(22)12-27)26-28(21)19-6-5-17(11-18(19)23)31(24,29)30/h2-6,9,11,16H,7-8,10,12-13H2,1H3,(H2,24,29,30). The summed E-state index contributed by atoms with van der Waals surface area (Å²) in [6, 6.07) is 11.3. The number of aryl methyl sites for hydroxylation is 1. The number of nitrogens with zero attached hydrogens (tertiary/aromatic N) is 4. The van der Waals surface area contributed by atoms with Gasteiger partial charge in [-0.3, -0.25) is 4.90 Å². The van der Waals surface area contributed by atoms with Crippen molar-refractivity contribution in [2.45, 2.75) is 37.4 Å². The first-order valence-electron chi connectivity index (χ1n) is 9.88. The van der Waals surface area contributed by atoms with Crippen molar-refractivity contribution in [3.8, 4) is 5.69 Å². The highest BCUT2D eigenvalue weighted by Crippen LogP contribution is 2.21. The molecule has 0 saturated carbocycles. The third-order valence-electron chi connectivity index (χ3n) is 5.22. The van der Waals surface area contributed by atoms with Gasteiger partial charge >= 0.3 is 0 Å². The average molecular weight is 448 g/mol. The van der Waals surface area contributed by atoms with E-state index in [9.17, 15) is 17.2 Å². The van der Waals surface area contributed by atoms with Gasteiger partial charge in [-0.25, -0.2) is 32.0 Å². The Balaban J connectivity index is 1.72. The summed E-state index contributed by atoms with van der Waals surface area (Å²) in [5, 5.41) is 9.56. The molecule has 0 amide bonds. The van der Waals surface area contributed by atoms with E-state index >= 15 is 0 Å². The molecule has 1 aliphatic heterocycles. The SMILES string of the molecule is Cc1cccc(Cc2nc(CN3CCC(F)C3)nn2-c2ccc(S(N)(=O)=O)cc2F)c1. The number of rotatable bonds is 6. The van der Waals surface area contributed by atoms with Gasteiger partial charge in [-0.1, -0.05) is 29.8 Å². The van der Waals surface area contributed by atoms with Crippen molar-refractivity contribution in [2.24, 2.45) is 5.14 Å². The molecule has 1 unspecified atom stereocenters. The van der Waals surface area contributed by atoms with Crippen molar-refractivity contribution < 1.29 is 17.2 Å². The monoisotopic (exact) mass is 447 g/mol. The fourth-order valence-corrected chi connectivity index (χ4v) is 4.26. The smallest absolute Gasteiger partial charge is 0.238 e. The highest BCUT2D eigenvalue weighted by atomic mass is 32.2. The van der Waals surface area contributed by atoms with Crippen LogP contribution in [0.4, 0.5) is 8.78 Å². The van der Waals surface area contributed by atoms with Crippen LogP contribution in [-0.2, 0) is 23.0 Å². The molecule has 1 aliphatic rings. The van der Waals surface area contributed by atoms with Crippen LogP contribution < -0.4 is 5.14 Å². The summed E-state index contributed by atoms with van der Waals surface area (Å²) in [4.78, 5) is 6.19. The number of nitrogens with two attached hydrogens (primary N) is 1. The fraction of sp³-hybridized carbons (Fsp3) is 0.333. The Labute approximate surface area is 179 Å². The largest absolute Gasteiger partial charge is 0.293 e. The summed E-state index contributed by atoms with van der Waals surface area (Å²) < 4.78 is 52.8. The lowest BCUT2D eigenvalue weighted by atomic mass is 10.1. The minimum atomic E-state index is -4.03. The lowest BCUT2D eigenvalue weighted by molar-refractivity contribution is 0.277. The molecule has 1 aromatic heterocycles. The maximum Gasteiger partial charge on any atom is 0.238 e. The number of likely N-dealkylation sites (tertiary alicyclic amines) is 1. The first-order valence-corrected chi connectivity index (χ1v) is 11.4. The molecule has 31 heavy (non-hydrogen) atoms. The van der Waals surface area contributed by atoms with E-state index in [0.29, 0.717) is 44.1 Å². The molecule has 4 rings (SSSR count). The van der Waals surface area contributed by atoms with E-state index in [1.54, 1.807) is 0 Å². The zero-order valence-corrected chi connectivity index (χ0v) is 17.8. The highest BCUT2D eigenvalue weighted by molar-refractivity contribution is 7.89. The topological polar surface area (TPSA) is 94.1 Å². The van der Waals surface area contributed by atoms with E-state index in [4.69, 9.17) is 5.14 Å². The van der Waals surface area contributed by atoms with Gasteiger partial charge in [0.2, 0.25) is 10.0 Å². The van der Waals surface area contributed by atoms with Crippen molar-refractivity contribution in [2.75, 3.05) is 13.1 Å². The van der Waals surface area contributed by atoms with Crippen LogP contribution in [0.15, 0.2) is 47.4 Å². The van der Waals surface area contributed by atoms with Crippen LogP contribution >= 0.6 is 0 Å². The molecule has 0 bridgehead atoms. The van der Waals surface area contributed by atoms with Crippen LogP contribution in [0.3, 0.4) is 0 Å². The highest BCUT2D eigenvalue weighted by Gasteiger charge is 2.24. The Bertz CT molecular complexity index is 1210. The zero-order chi connectivity index (χ0) is 22.2. The van der Waals surface area contributed by atoms with E-state index in [2.05, 4.69) is 10.1 Å². The van der Waals surface area contributed by atoms with Crippen molar-refractivity contribution in [3.05, 3.63) is 71.1 Å². The van der Waals surface area contributed by atoms with E-state index in [1.807, 2.05) is 36.1 Å². The van der Waals surface area contributed by atoms with Crippen LogP contribution in [0.5, 0.6) is 0 Å². The quantitative estimate of drug-likeness (QED) is 0.627. The van der Waals surface area contributed by atoms with Gasteiger partial charge in [-0.2, -0.15) is 0 Å². The molecule has 3 aromatic rings. The number of alkyl halides is 1. The van der Waals surface area contributed by atoms with Gasteiger partial charge in [0.1, 0.15) is 23.5 Å². The molecule has 7 nitrogen and oxygen atoms in total. The average Bonchev–Trinajstić information content (AvgIpc) is 3.27. The molecular weight excluding hydrogens is 424 g/mol. The Morgan fingerprint density at radius 3 is 2.68 bits per heavy atom. The molecule has 0 spiro atoms. The maximum atomic E-state index is 14.8. The number of sulfonamides is 1. The van der Waals surface area contributed by atoms with Gasteiger partial charge in [0.05, 0.1) is 11.4 Å². The molecule has 10 heteroatoms. The van der Waals surface area contributed by atoms with Gasteiger partial charge in [-0.15, -0.1) is 5.10 Å². The van der Waals surface area contributed by atoms with Gasteiger partial charge in [0.15, 0.2) is 5.82 Å². The lowest BCUT2D eigenvalue weighted by Gasteiger charge is -2.11. The number of hydrogen-bond acceptors (Lipinski definition) is 5. The van der Waals surface area contributed by atoms with Crippen molar-refractivity contribution in [3.63, 3.8) is 0 Å². The Hall–Kier alpha value is -2.69. The summed E-state index contributed by atoms with van der Waals surface area (Å²) >= 11 is 0. The molecule has 2 N–H and O–H groups in total. The third kappa shape index (κ3) is 4.97. The van der Waals surface area contributed by atoms with E-state index in [0.717, 1.165) is 17.2 Å². The summed E-state index contributed by atoms with van der Waals surface area (Å²) in [6.07, 6.45) is 0.00849. The number of primary sulfonamides is 1. The molecule has 2 heterocycles. The number of hydrogen-bond donors (Lipinski definition) is 1. The van der Waals surface area contributed by atoms with Crippen LogP contribution in [-0.4, -0.2) is 47.3 Å². The molecule has 164 valence electrons. The Morgan fingerprint density at radius 1 is 1.23 bits per heavy atom. The first kappa shape index (κ1) is 21.5. The predicted molar refractivity (Wildman–Crippen MR) is 111 cm³/mol. The van der Waals surface area contributed by atoms with E-state index < -0.39 is 22.0 Å². The van der Waals surface area contributed by atoms with Crippen LogP contribution in [0.2, 0.25) is 0 Å². The van der Waals surface area contributed by atoms with E-state index in [-0.39, 0.29) is 10.6 Å². The second kappa shape index (κ2) is 8.45. The second-order valence-electron chi connectivity index (χ2n) is 7.80. The fourth-order valence-electron chi connectivity index (χ4n) is 3.74. The Kier molecular flexibility index (Phi) is 5.87. The number of benzene rings is 2. The maximum absolute atomic E-state index is 14.8. The summed E-state index contributed by atoms with van der Waals surface area (Å²) in [6.45, 7) is 3.26. The Morgan fingerprint density at radius 2 is 2.03 bits per heavy atom. The van der Waals surface area contributed by atoms with Crippen LogP contribution in [0, 0.1) is 12.7 Å². The normalized spacial score (nSPS) is 17.4. The first-order chi connectivity index (χ1) is 14.7. The van der Waals surface area contributed by atoms with Gasteiger partial charge in [0, 0.05) is 19.5 Å². The second-order valence-corrected chi connectivity index (χ2v) is 9.36. The van der Waals surface area contributed by atoms with Crippen LogP contribution in [0.25, 0.3) is 5.69 Å². The molecule has 0 aliphatic carbocycles. The molecule has 1 atom stereocenters. The predicted octanol–water partition coefficient (Wildman–Crippen LogP) is 2.50. The van der Waals surface area contributed by atoms with Crippen molar-refractivity contribution in [1.29, 1.82) is 0 Å².